The molecular weight excluding hydrogens is 448 g/mol. The van der Waals surface area contributed by atoms with Gasteiger partial charge in [0, 0.05) is 30.4 Å². The van der Waals surface area contributed by atoms with Gasteiger partial charge in [0.15, 0.2) is 0 Å². The Bertz CT molecular complexity index is 1410. The van der Waals surface area contributed by atoms with Crippen LogP contribution in [0.5, 0.6) is 0 Å². The SMILES string of the molecule is Cc1cccc(NS(=O)(=O)c2ccc(C)c(C(=O)NCCc3ccn(-c4ccccc4)n3)c2)c1. The van der Waals surface area contributed by atoms with Crippen molar-refractivity contribution in [1.82, 2.24) is 15.1 Å². The first-order chi connectivity index (χ1) is 16.3. The summed E-state index contributed by atoms with van der Waals surface area (Å²) in [6.07, 6.45) is 2.43. The lowest BCUT2D eigenvalue weighted by molar-refractivity contribution is 0.0953. The molecular formula is C26H26N4O3S. The van der Waals surface area contributed by atoms with Crippen molar-refractivity contribution >= 4 is 21.6 Å². The van der Waals surface area contributed by atoms with E-state index in [4.69, 9.17) is 0 Å². The summed E-state index contributed by atoms with van der Waals surface area (Å²) in [4.78, 5) is 12.8. The molecule has 0 atom stereocenters. The maximum Gasteiger partial charge on any atom is 0.261 e. The molecule has 7 nitrogen and oxygen atoms in total. The monoisotopic (exact) mass is 474 g/mol. The number of aromatic nitrogens is 2. The van der Waals surface area contributed by atoms with Crippen LogP contribution >= 0.6 is 0 Å². The van der Waals surface area contributed by atoms with E-state index in [1.54, 1.807) is 35.9 Å². The molecule has 4 aromatic rings. The number of amides is 1. The minimum absolute atomic E-state index is 0.0337. The maximum absolute atomic E-state index is 12.9. The first-order valence-electron chi connectivity index (χ1n) is 10.9. The first-order valence-corrected chi connectivity index (χ1v) is 12.4. The number of nitrogens with zero attached hydrogens (tertiary/aromatic N) is 2. The van der Waals surface area contributed by atoms with Crippen LogP contribution in [0.15, 0.2) is 90.0 Å². The van der Waals surface area contributed by atoms with Gasteiger partial charge in [-0.15, -0.1) is 0 Å². The molecule has 0 bridgehead atoms. The molecule has 0 saturated carbocycles. The Hall–Kier alpha value is -3.91. The lowest BCUT2D eigenvalue weighted by Crippen LogP contribution is -2.27. The largest absolute Gasteiger partial charge is 0.352 e. The zero-order valence-electron chi connectivity index (χ0n) is 19.0. The molecule has 0 fully saturated rings. The summed E-state index contributed by atoms with van der Waals surface area (Å²) in [5, 5.41) is 7.41. The van der Waals surface area contributed by atoms with Crippen molar-refractivity contribution in [2.24, 2.45) is 0 Å². The number of carbonyl (C=O) groups is 1. The fourth-order valence-corrected chi connectivity index (χ4v) is 4.63. The molecule has 0 saturated heterocycles. The highest BCUT2D eigenvalue weighted by molar-refractivity contribution is 7.92. The second-order valence-electron chi connectivity index (χ2n) is 8.04. The van der Waals surface area contributed by atoms with Crippen molar-refractivity contribution < 1.29 is 13.2 Å². The van der Waals surface area contributed by atoms with Gasteiger partial charge in [-0.25, -0.2) is 13.1 Å². The third-order valence-corrected chi connectivity index (χ3v) is 6.74. The minimum atomic E-state index is -3.83. The number of aryl methyl sites for hydroxylation is 2. The molecule has 2 N–H and O–H groups in total. The summed E-state index contributed by atoms with van der Waals surface area (Å²) < 4.78 is 30.1. The number of nitrogens with one attached hydrogen (secondary N) is 2. The van der Waals surface area contributed by atoms with Gasteiger partial charge < -0.3 is 5.32 Å². The van der Waals surface area contributed by atoms with Gasteiger partial charge >= 0.3 is 0 Å². The van der Waals surface area contributed by atoms with E-state index in [9.17, 15) is 13.2 Å². The molecule has 174 valence electrons. The minimum Gasteiger partial charge on any atom is -0.352 e. The average molecular weight is 475 g/mol. The number of anilines is 1. The molecule has 0 aliphatic rings. The summed E-state index contributed by atoms with van der Waals surface area (Å²) in [6, 6.07) is 23.3. The van der Waals surface area contributed by atoms with E-state index in [-0.39, 0.29) is 10.8 Å². The Morgan fingerprint density at radius 3 is 2.50 bits per heavy atom. The van der Waals surface area contributed by atoms with Gasteiger partial charge in [0.05, 0.1) is 16.3 Å². The Labute approximate surface area is 199 Å². The topological polar surface area (TPSA) is 93.1 Å². The van der Waals surface area contributed by atoms with Gasteiger partial charge in [0.25, 0.3) is 15.9 Å². The lowest BCUT2D eigenvalue weighted by atomic mass is 10.1. The van der Waals surface area contributed by atoms with Crippen LogP contribution in [0.2, 0.25) is 0 Å². The molecule has 0 aliphatic carbocycles. The number of benzene rings is 3. The number of rotatable bonds is 8. The van der Waals surface area contributed by atoms with Crippen LogP contribution < -0.4 is 10.0 Å². The van der Waals surface area contributed by atoms with Crippen LogP contribution in [-0.2, 0) is 16.4 Å². The highest BCUT2D eigenvalue weighted by atomic mass is 32.2. The molecule has 1 aromatic heterocycles. The number of hydrogen-bond acceptors (Lipinski definition) is 4. The van der Waals surface area contributed by atoms with Crippen molar-refractivity contribution in [2.45, 2.75) is 25.2 Å². The van der Waals surface area contributed by atoms with Crippen molar-refractivity contribution in [3.05, 3.63) is 107 Å². The Morgan fingerprint density at radius 2 is 1.74 bits per heavy atom. The number of carbonyl (C=O) groups excluding carboxylic acids is 1. The van der Waals surface area contributed by atoms with E-state index in [2.05, 4.69) is 15.1 Å². The zero-order chi connectivity index (χ0) is 24.1. The van der Waals surface area contributed by atoms with Gasteiger partial charge in [0.2, 0.25) is 0 Å². The van der Waals surface area contributed by atoms with Crippen molar-refractivity contribution in [3.8, 4) is 5.69 Å². The van der Waals surface area contributed by atoms with Crippen LogP contribution in [0.3, 0.4) is 0 Å². The molecule has 0 radical (unpaired) electrons. The van der Waals surface area contributed by atoms with Gasteiger partial charge in [-0.1, -0.05) is 36.4 Å². The number of sulfonamides is 1. The fraction of sp³-hybridized carbons (Fsp3) is 0.154. The molecule has 1 heterocycles. The molecule has 4 rings (SSSR count). The summed E-state index contributed by atoms with van der Waals surface area (Å²) in [7, 11) is -3.83. The van der Waals surface area contributed by atoms with Crippen LogP contribution in [0.25, 0.3) is 5.69 Å². The highest BCUT2D eigenvalue weighted by Gasteiger charge is 2.18. The van der Waals surface area contributed by atoms with Gasteiger partial charge in [-0.05, 0) is 67.4 Å². The Balaban J connectivity index is 1.41. The van der Waals surface area contributed by atoms with E-state index in [0.29, 0.717) is 29.8 Å². The van der Waals surface area contributed by atoms with E-state index >= 15 is 0 Å². The van der Waals surface area contributed by atoms with Crippen molar-refractivity contribution in [1.29, 1.82) is 0 Å². The standard InChI is InChI=1S/C26H26N4O3S/c1-19-7-6-8-22(17-19)29-34(32,33)24-12-11-20(2)25(18-24)26(31)27-15-13-21-14-16-30(28-21)23-9-4-3-5-10-23/h3-12,14,16-18,29H,13,15H2,1-2H3,(H,27,31). The molecule has 0 spiro atoms. The Morgan fingerprint density at radius 1 is 0.941 bits per heavy atom. The molecule has 0 aliphatic heterocycles. The van der Waals surface area contributed by atoms with Gasteiger partial charge in [0.1, 0.15) is 0 Å². The number of hydrogen-bond donors (Lipinski definition) is 2. The second-order valence-corrected chi connectivity index (χ2v) is 9.73. The Kier molecular flexibility index (Phi) is 6.79. The third kappa shape index (κ3) is 5.52. The van der Waals surface area contributed by atoms with Gasteiger partial charge in [-0.3, -0.25) is 9.52 Å². The molecule has 3 aromatic carbocycles. The maximum atomic E-state index is 12.9. The van der Waals surface area contributed by atoms with E-state index < -0.39 is 10.0 Å². The quantitative estimate of drug-likeness (QED) is 0.399. The summed E-state index contributed by atoms with van der Waals surface area (Å²) in [6.45, 7) is 4.04. The molecule has 8 heteroatoms. The summed E-state index contributed by atoms with van der Waals surface area (Å²) in [5.74, 6) is -0.326. The smallest absolute Gasteiger partial charge is 0.261 e. The third-order valence-electron chi connectivity index (χ3n) is 5.37. The van der Waals surface area contributed by atoms with Crippen molar-refractivity contribution in [3.63, 3.8) is 0 Å². The summed E-state index contributed by atoms with van der Waals surface area (Å²) in [5.41, 5.74) is 4.24. The van der Waals surface area contributed by atoms with Crippen LogP contribution in [0.4, 0.5) is 5.69 Å². The van der Waals surface area contributed by atoms with Crippen LogP contribution in [0.1, 0.15) is 27.2 Å². The predicted molar refractivity (Wildman–Crippen MR) is 133 cm³/mol. The van der Waals surface area contributed by atoms with Crippen molar-refractivity contribution in [2.75, 3.05) is 11.3 Å². The zero-order valence-corrected chi connectivity index (χ0v) is 19.8. The van der Waals surface area contributed by atoms with Gasteiger partial charge in [-0.2, -0.15) is 5.10 Å². The molecule has 0 unspecified atom stereocenters. The highest BCUT2D eigenvalue weighted by Crippen LogP contribution is 2.20. The summed E-state index contributed by atoms with van der Waals surface area (Å²) >= 11 is 0. The normalized spacial score (nSPS) is 11.2. The molecule has 34 heavy (non-hydrogen) atoms. The van der Waals surface area contributed by atoms with Crippen LogP contribution in [0, 0.1) is 13.8 Å². The van der Waals surface area contributed by atoms with E-state index in [1.165, 1.54) is 12.1 Å². The second kappa shape index (κ2) is 9.93. The first kappa shape index (κ1) is 23.3. The van der Waals surface area contributed by atoms with E-state index in [1.807, 2.05) is 55.6 Å². The average Bonchev–Trinajstić information content (AvgIpc) is 3.28. The lowest BCUT2D eigenvalue weighted by Gasteiger charge is -2.12. The molecule has 1 amide bonds. The van der Waals surface area contributed by atoms with Crippen LogP contribution in [-0.4, -0.2) is 30.7 Å². The predicted octanol–water partition coefficient (Wildman–Crippen LogP) is 4.26. The van der Waals surface area contributed by atoms with E-state index in [0.717, 1.165) is 16.9 Å². The number of para-hydroxylation sites is 1. The fourth-order valence-electron chi connectivity index (χ4n) is 3.55.